The van der Waals surface area contributed by atoms with Gasteiger partial charge < -0.3 is 0 Å². The summed E-state index contributed by atoms with van der Waals surface area (Å²) < 4.78 is 0.174. The maximum absolute atomic E-state index is 6.03. The van der Waals surface area contributed by atoms with Crippen LogP contribution < -0.4 is 0 Å². The van der Waals surface area contributed by atoms with Gasteiger partial charge in [0, 0.05) is 0 Å². The molecule has 2 aromatic rings. The van der Waals surface area contributed by atoms with Crippen LogP contribution in [0.1, 0.15) is 17.5 Å². The Hall–Kier alpha value is -1.01. The summed E-state index contributed by atoms with van der Waals surface area (Å²) in [6.07, 6.45) is 5.74. The van der Waals surface area contributed by atoms with Crippen molar-refractivity contribution in [1.29, 1.82) is 0 Å². The van der Waals surface area contributed by atoms with Gasteiger partial charge in [0.2, 0.25) is 0 Å². The molecule has 19 heavy (non-hydrogen) atoms. The summed E-state index contributed by atoms with van der Waals surface area (Å²) in [5, 5.41) is 2.01. The van der Waals surface area contributed by atoms with Crippen LogP contribution in [0.15, 0.2) is 66.7 Å². The van der Waals surface area contributed by atoms with E-state index in [4.69, 9.17) is 11.6 Å². The van der Waals surface area contributed by atoms with Gasteiger partial charge in [-0.1, -0.05) is 0 Å². The summed E-state index contributed by atoms with van der Waals surface area (Å²) in [5.41, 5.74) is 2.83. The Kier molecular flexibility index (Phi) is 3.79. The first-order chi connectivity index (χ1) is 9.31. The zero-order valence-electron chi connectivity index (χ0n) is 10.6. The van der Waals surface area contributed by atoms with Gasteiger partial charge in [0.05, 0.1) is 0 Å². The van der Waals surface area contributed by atoms with E-state index in [1.807, 2.05) is 12.1 Å². The van der Waals surface area contributed by atoms with Crippen LogP contribution in [-0.4, -0.2) is 15.0 Å². The zero-order valence-corrected chi connectivity index (χ0v) is 13.0. The summed E-state index contributed by atoms with van der Waals surface area (Å²) in [5.74, 6) is 0. The first-order valence-corrected chi connectivity index (χ1v) is 8.86. The summed E-state index contributed by atoms with van der Waals surface area (Å²) in [4.78, 5) is 0. The molecular formula is C17H15ClSe. The number of benzene rings is 2. The van der Waals surface area contributed by atoms with Crippen LogP contribution in [0.5, 0.6) is 0 Å². The molecule has 1 heterocycles. The van der Waals surface area contributed by atoms with Crippen LogP contribution in [-0.2, 0) is 4.31 Å². The van der Waals surface area contributed by atoms with E-state index in [-0.39, 0.29) is 4.31 Å². The van der Waals surface area contributed by atoms with Gasteiger partial charge in [-0.05, 0) is 0 Å². The predicted molar refractivity (Wildman–Crippen MR) is 83.0 cm³/mol. The van der Waals surface area contributed by atoms with Crippen molar-refractivity contribution in [1.82, 2.24) is 0 Å². The molecule has 0 bridgehead atoms. The fourth-order valence-electron chi connectivity index (χ4n) is 2.56. The molecule has 2 heteroatoms. The Labute approximate surface area is 125 Å². The molecule has 1 unspecified atom stereocenters. The van der Waals surface area contributed by atoms with Crippen molar-refractivity contribution in [3.63, 3.8) is 0 Å². The van der Waals surface area contributed by atoms with E-state index in [1.54, 1.807) is 0 Å². The van der Waals surface area contributed by atoms with Crippen molar-refractivity contribution in [2.75, 3.05) is 0 Å². The molecule has 1 aliphatic heterocycles. The predicted octanol–water partition coefficient (Wildman–Crippen LogP) is 4.67. The fourth-order valence-corrected chi connectivity index (χ4v) is 5.49. The third kappa shape index (κ3) is 2.51. The molecule has 0 saturated carbocycles. The normalized spacial score (nSPS) is 22.4. The van der Waals surface area contributed by atoms with Gasteiger partial charge in [0.25, 0.3) is 0 Å². The van der Waals surface area contributed by atoms with Gasteiger partial charge in [-0.3, -0.25) is 0 Å². The molecule has 96 valence electrons. The number of hydrogen-bond donors (Lipinski definition) is 0. The van der Waals surface area contributed by atoms with E-state index in [9.17, 15) is 0 Å². The van der Waals surface area contributed by atoms with Crippen LogP contribution >= 0.6 is 11.6 Å². The van der Waals surface area contributed by atoms with Crippen molar-refractivity contribution in [3.8, 4) is 0 Å². The van der Waals surface area contributed by atoms with Crippen molar-refractivity contribution >= 4 is 26.6 Å². The van der Waals surface area contributed by atoms with E-state index in [2.05, 4.69) is 54.6 Å². The second kappa shape index (κ2) is 5.54. The third-order valence-electron chi connectivity index (χ3n) is 3.55. The van der Waals surface area contributed by atoms with Crippen LogP contribution in [0.2, 0.25) is 10.3 Å². The zero-order chi connectivity index (χ0) is 13.1. The van der Waals surface area contributed by atoms with Crippen molar-refractivity contribution in [3.05, 3.63) is 82.9 Å². The summed E-state index contributed by atoms with van der Waals surface area (Å²) >= 11 is 6.57. The van der Waals surface area contributed by atoms with Crippen LogP contribution in [0.25, 0.3) is 0 Å². The number of allylic oxidation sites excluding steroid dienone is 2. The standard InChI is InChI=1S/C17H15ClSe/c18-16-10-8-15(9-11-16)17(12-4-5-13-19-17)14-6-2-1-3-7-14/h1-11H,12-13H2. The van der Waals surface area contributed by atoms with Gasteiger partial charge in [-0.2, -0.15) is 0 Å². The number of rotatable bonds is 2. The summed E-state index contributed by atoms with van der Waals surface area (Å²) in [6.45, 7) is 0. The van der Waals surface area contributed by atoms with Gasteiger partial charge in [0.15, 0.2) is 0 Å². The molecule has 0 radical (unpaired) electrons. The van der Waals surface area contributed by atoms with Crippen molar-refractivity contribution < 1.29 is 0 Å². The average Bonchev–Trinajstić information content (AvgIpc) is 2.49. The first-order valence-electron chi connectivity index (χ1n) is 6.42. The van der Waals surface area contributed by atoms with E-state index >= 15 is 0 Å². The van der Waals surface area contributed by atoms with E-state index in [0.717, 1.165) is 11.4 Å². The molecule has 3 rings (SSSR count). The van der Waals surface area contributed by atoms with Crippen molar-refractivity contribution in [2.45, 2.75) is 16.1 Å². The molecule has 1 aliphatic rings. The van der Waals surface area contributed by atoms with Crippen molar-refractivity contribution in [2.24, 2.45) is 0 Å². The molecule has 0 aliphatic carbocycles. The van der Waals surface area contributed by atoms with Gasteiger partial charge in [-0.25, -0.2) is 0 Å². The third-order valence-corrected chi connectivity index (χ3v) is 6.93. The Morgan fingerprint density at radius 1 is 0.842 bits per heavy atom. The topological polar surface area (TPSA) is 0 Å². The van der Waals surface area contributed by atoms with Gasteiger partial charge in [-0.15, -0.1) is 0 Å². The monoisotopic (exact) mass is 334 g/mol. The minimum atomic E-state index is 0.174. The summed E-state index contributed by atoms with van der Waals surface area (Å²) in [6, 6.07) is 19.3. The van der Waals surface area contributed by atoms with E-state index in [0.29, 0.717) is 15.0 Å². The van der Waals surface area contributed by atoms with Crippen LogP contribution in [0.3, 0.4) is 0 Å². The van der Waals surface area contributed by atoms with E-state index < -0.39 is 0 Å². The van der Waals surface area contributed by atoms with Crippen LogP contribution in [0, 0.1) is 0 Å². The molecule has 2 aromatic carbocycles. The molecule has 0 aromatic heterocycles. The van der Waals surface area contributed by atoms with Gasteiger partial charge in [0.1, 0.15) is 0 Å². The molecule has 1 atom stereocenters. The molecule has 0 fully saturated rings. The number of hydrogen-bond acceptors (Lipinski definition) is 0. The molecule has 0 amide bonds. The fraction of sp³-hybridized carbons (Fsp3) is 0.176. The second-order valence-electron chi connectivity index (χ2n) is 4.69. The SMILES string of the molecule is Clc1ccc(C2(c3ccccc3)CC=CC[Se]2)cc1. The Morgan fingerprint density at radius 3 is 2.16 bits per heavy atom. The van der Waals surface area contributed by atoms with E-state index in [1.165, 1.54) is 16.4 Å². The van der Waals surface area contributed by atoms with Crippen LogP contribution in [0.4, 0.5) is 0 Å². The minimum absolute atomic E-state index is 0.174. The quantitative estimate of drug-likeness (QED) is 0.553. The first kappa shape index (κ1) is 13.0. The molecular weight excluding hydrogens is 319 g/mol. The van der Waals surface area contributed by atoms with Gasteiger partial charge >= 0.3 is 126 Å². The molecule has 0 nitrogen and oxygen atoms in total. The Bertz CT molecular complexity index is 574. The summed E-state index contributed by atoms with van der Waals surface area (Å²) in [7, 11) is 0. The Morgan fingerprint density at radius 2 is 1.53 bits per heavy atom. The second-order valence-corrected chi connectivity index (χ2v) is 7.89. The average molecular weight is 334 g/mol. The maximum atomic E-state index is 6.03. The molecule has 0 N–H and O–H groups in total. The molecule has 0 saturated heterocycles. The molecule has 0 spiro atoms. The Balaban J connectivity index is 2.12. The number of halogens is 1.